The predicted molar refractivity (Wildman–Crippen MR) is 152 cm³/mol. The fourth-order valence-corrected chi connectivity index (χ4v) is 7.06. The molecule has 0 spiro atoms. The van der Waals surface area contributed by atoms with E-state index in [2.05, 4.69) is 121 Å². The van der Waals surface area contributed by atoms with Gasteiger partial charge in [0.2, 0.25) is 0 Å². The summed E-state index contributed by atoms with van der Waals surface area (Å²) in [5, 5.41) is 6.99. The van der Waals surface area contributed by atoms with Gasteiger partial charge in [0.25, 0.3) is 0 Å². The summed E-state index contributed by atoms with van der Waals surface area (Å²) in [6.45, 7) is 0. The maximum absolute atomic E-state index is 2.52. The molecule has 35 heavy (non-hydrogen) atoms. The first-order valence-corrected chi connectivity index (χ1v) is 13.3. The molecule has 0 radical (unpaired) electrons. The van der Waals surface area contributed by atoms with Gasteiger partial charge < -0.3 is 0 Å². The highest BCUT2D eigenvalue weighted by Gasteiger charge is 2.23. The van der Waals surface area contributed by atoms with Crippen LogP contribution in [0.3, 0.4) is 0 Å². The number of hydrogen-bond acceptors (Lipinski definition) is 1. The Morgan fingerprint density at radius 2 is 1.26 bits per heavy atom. The van der Waals surface area contributed by atoms with E-state index < -0.39 is 0 Å². The summed E-state index contributed by atoms with van der Waals surface area (Å²) in [4.78, 5) is 1.35. The van der Waals surface area contributed by atoms with Crippen molar-refractivity contribution in [1.29, 1.82) is 0 Å². The highest BCUT2D eigenvalue weighted by atomic mass is 32.1. The SMILES string of the molecule is C1=CCC(c2c3ccccc3c(C3C=c4cc(-c5ccccc5)sc4=CC3)c3ccccc23)C=C1. The number of benzene rings is 4. The van der Waals surface area contributed by atoms with Gasteiger partial charge in [0, 0.05) is 21.2 Å². The molecular formula is C34H26S. The first-order chi connectivity index (χ1) is 17.4. The Kier molecular flexibility index (Phi) is 5.03. The lowest BCUT2D eigenvalue weighted by Crippen LogP contribution is -2.23. The first kappa shape index (κ1) is 20.7. The molecular weight excluding hydrogens is 440 g/mol. The van der Waals surface area contributed by atoms with Gasteiger partial charge in [-0.05, 0) is 62.4 Å². The summed E-state index contributed by atoms with van der Waals surface area (Å²) in [5.74, 6) is 0.786. The Morgan fingerprint density at radius 3 is 1.89 bits per heavy atom. The van der Waals surface area contributed by atoms with Crippen LogP contribution in [0, 0.1) is 0 Å². The van der Waals surface area contributed by atoms with Crippen LogP contribution in [-0.4, -0.2) is 0 Å². The monoisotopic (exact) mass is 466 g/mol. The van der Waals surface area contributed by atoms with Crippen LogP contribution in [-0.2, 0) is 0 Å². The number of allylic oxidation sites excluding steroid dienone is 4. The third-order valence-corrected chi connectivity index (χ3v) is 8.72. The molecule has 1 heteroatoms. The normalized spacial score (nSPS) is 18.9. The van der Waals surface area contributed by atoms with Crippen molar-refractivity contribution in [3.05, 3.63) is 130 Å². The van der Waals surface area contributed by atoms with Crippen LogP contribution >= 0.6 is 11.3 Å². The van der Waals surface area contributed by atoms with E-state index in [0.717, 1.165) is 12.8 Å². The fraction of sp³-hybridized carbons (Fsp3) is 0.118. The van der Waals surface area contributed by atoms with Crippen LogP contribution < -0.4 is 9.75 Å². The predicted octanol–water partition coefficient (Wildman–Crippen LogP) is 8.07. The molecule has 2 aliphatic rings. The molecule has 0 saturated heterocycles. The lowest BCUT2D eigenvalue weighted by atomic mass is 9.79. The lowest BCUT2D eigenvalue weighted by Gasteiger charge is -2.25. The number of fused-ring (bicyclic) bond motifs is 3. The van der Waals surface area contributed by atoms with E-state index in [1.165, 1.54) is 52.9 Å². The zero-order valence-electron chi connectivity index (χ0n) is 19.5. The average Bonchev–Trinajstić information content (AvgIpc) is 3.36. The zero-order valence-corrected chi connectivity index (χ0v) is 20.3. The molecule has 2 unspecified atom stereocenters. The molecule has 0 bridgehead atoms. The molecule has 2 aliphatic carbocycles. The van der Waals surface area contributed by atoms with Gasteiger partial charge in [0.05, 0.1) is 0 Å². The quantitative estimate of drug-likeness (QED) is 0.236. The Morgan fingerprint density at radius 1 is 0.629 bits per heavy atom. The van der Waals surface area contributed by atoms with Crippen LogP contribution in [0.15, 0.2) is 109 Å². The summed E-state index contributed by atoms with van der Waals surface area (Å²) < 4.78 is 1.41. The standard InChI is InChI=1S/C34H26S/c1-3-11-23(12-4-1)32-22-26-21-25(19-20-31(26)35-32)34-29-17-9-7-15-27(29)33(24-13-5-2-6-14-24)28-16-8-10-18-30(28)34/h1-13,15-18,20-22,24-25H,14,19H2. The highest BCUT2D eigenvalue weighted by molar-refractivity contribution is 7.13. The molecule has 0 nitrogen and oxygen atoms in total. The summed E-state index contributed by atoms with van der Waals surface area (Å²) in [5.41, 5.74) is 4.26. The topological polar surface area (TPSA) is 0 Å². The van der Waals surface area contributed by atoms with Crippen molar-refractivity contribution in [1.82, 2.24) is 0 Å². The highest BCUT2D eigenvalue weighted by Crippen LogP contribution is 2.43. The van der Waals surface area contributed by atoms with Crippen LogP contribution in [0.1, 0.15) is 35.8 Å². The minimum absolute atomic E-state index is 0.367. The number of hydrogen-bond donors (Lipinski definition) is 0. The van der Waals surface area contributed by atoms with Crippen molar-refractivity contribution in [3.63, 3.8) is 0 Å². The Labute approximate surface area is 209 Å². The third kappa shape index (κ3) is 3.50. The van der Waals surface area contributed by atoms with E-state index in [0.29, 0.717) is 11.8 Å². The largest absolute Gasteiger partial charge is 0.136 e. The number of thiophene rings is 1. The van der Waals surface area contributed by atoms with E-state index in [1.807, 2.05) is 11.3 Å². The molecule has 0 amide bonds. The minimum atomic E-state index is 0.367. The molecule has 1 heterocycles. The Bertz CT molecular complexity index is 1690. The molecule has 2 atom stereocenters. The summed E-state index contributed by atoms with van der Waals surface area (Å²) in [6, 6.07) is 31.3. The van der Waals surface area contributed by atoms with Gasteiger partial charge in [-0.1, -0.05) is 115 Å². The van der Waals surface area contributed by atoms with Gasteiger partial charge >= 0.3 is 0 Å². The maximum atomic E-state index is 2.52. The molecule has 4 aromatic carbocycles. The van der Waals surface area contributed by atoms with Gasteiger partial charge in [0.15, 0.2) is 0 Å². The summed E-state index contributed by atoms with van der Waals surface area (Å²) >= 11 is 1.91. The van der Waals surface area contributed by atoms with E-state index >= 15 is 0 Å². The van der Waals surface area contributed by atoms with Crippen molar-refractivity contribution in [3.8, 4) is 10.4 Å². The second-order valence-electron chi connectivity index (χ2n) is 9.58. The van der Waals surface area contributed by atoms with E-state index in [1.54, 1.807) is 0 Å². The smallest absolute Gasteiger partial charge is 0.0355 e. The van der Waals surface area contributed by atoms with Crippen molar-refractivity contribution >= 4 is 45.0 Å². The fourth-order valence-electron chi connectivity index (χ4n) is 5.96. The van der Waals surface area contributed by atoms with Crippen LogP contribution in [0.25, 0.3) is 44.1 Å². The molecule has 0 saturated carbocycles. The molecule has 1 aromatic heterocycles. The van der Waals surface area contributed by atoms with Gasteiger partial charge in [-0.25, -0.2) is 0 Å². The molecule has 0 N–H and O–H groups in total. The lowest BCUT2D eigenvalue weighted by molar-refractivity contribution is 0.868. The van der Waals surface area contributed by atoms with E-state index in [9.17, 15) is 0 Å². The van der Waals surface area contributed by atoms with Gasteiger partial charge in [-0.2, -0.15) is 0 Å². The van der Waals surface area contributed by atoms with Crippen molar-refractivity contribution in [2.24, 2.45) is 0 Å². The maximum Gasteiger partial charge on any atom is 0.0355 e. The molecule has 7 rings (SSSR count). The molecule has 0 aliphatic heterocycles. The summed E-state index contributed by atoms with van der Waals surface area (Å²) in [6.07, 6.45) is 16.1. The second-order valence-corrected chi connectivity index (χ2v) is 10.7. The van der Waals surface area contributed by atoms with Crippen molar-refractivity contribution < 1.29 is 0 Å². The van der Waals surface area contributed by atoms with Crippen molar-refractivity contribution in [2.75, 3.05) is 0 Å². The van der Waals surface area contributed by atoms with Crippen LogP contribution in [0.5, 0.6) is 0 Å². The minimum Gasteiger partial charge on any atom is -0.136 e. The Hall–Kier alpha value is -3.68. The van der Waals surface area contributed by atoms with E-state index in [4.69, 9.17) is 0 Å². The van der Waals surface area contributed by atoms with E-state index in [-0.39, 0.29) is 0 Å². The van der Waals surface area contributed by atoms with Gasteiger partial charge in [-0.15, -0.1) is 11.3 Å². The van der Waals surface area contributed by atoms with Gasteiger partial charge in [0.1, 0.15) is 0 Å². The first-order valence-electron chi connectivity index (χ1n) is 12.5. The molecule has 0 fully saturated rings. The zero-order chi connectivity index (χ0) is 23.2. The summed E-state index contributed by atoms with van der Waals surface area (Å²) in [7, 11) is 0. The Balaban J connectivity index is 1.45. The average molecular weight is 467 g/mol. The van der Waals surface area contributed by atoms with Crippen LogP contribution in [0.2, 0.25) is 0 Å². The van der Waals surface area contributed by atoms with Crippen molar-refractivity contribution in [2.45, 2.75) is 24.7 Å². The second kappa shape index (κ2) is 8.52. The molecule has 168 valence electrons. The number of rotatable bonds is 3. The third-order valence-electron chi connectivity index (χ3n) is 7.52. The van der Waals surface area contributed by atoms with Crippen LogP contribution in [0.4, 0.5) is 0 Å². The van der Waals surface area contributed by atoms with Gasteiger partial charge in [-0.3, -0.25) is 0 Å². The molecule has 5 aromatic rings.